The monoisotopic (exact) mass is 523 g/mol. The number of methoxy groups -OCH3 is 2. The van der Waals surface area contributed by atoms with Crippen molar-refractivity contribution in [2.45, 2.75) is 12.8 Å². The van der Waals surface area contributed by atoms with Crippen LogP contribution in [0.15, 0.2) is 77.6 Å². The van der Waals surface area contributed by atoms with Crippen molar-refractivity contribution >= 4 is 34.8 Å². The van der Waals surface area contributed by atoms with Gasteiger partial charge in [0.05, 0.1) is 24.9 Å². The van der Waals surface area contributed by atoms with Crippen molar-refractivity contribution in [3.05, 3.63) is 98.8 Å². The molecule has 7 nitrogen and oxygen atoms in total. The Morgan fingerprint density at radius 3 is 2.28 bits per heavy atom. The molecule has 0 aliphatic carbocycles. The number of carbonyl (C=O) groups excluding carboxylic acids is 1. The molecule has 3 aromatic carbocycles. The lowest BCUT2D eigenvalue weighted by atomic mass is 10.1. The minimum atomic E-state index is -0.505. The van der Waals surface area contributed by atoms with Gasteiger partial charge in [0.2, 0.25) is 5.91 Å². The second-order valence-electron chi connectivity index (χ2n) is 7.84. The van der Waals surface area contributed by atoms with Crippen molar-refractivity contribution in [2.75, 3.05) is 19.5 Å². The summed E-state index contributed by atoms with van der Waals surface area (Å²) in [6.45, 7) is 0. The zero-order valence-corrected chi connectivity index (χ0v) is 21.1. The quantitative estimate of drug-likeness (QED) is 0.315. The number of ether oxygens (including phenoxy) is 2. The van der Waals surface area contributed by atoms with Crippen LogP contribution in [0, 0.1) is 0 Å². The molecule has 1 aromatic heterocycles. The Morgan fingerprint density at radius 1 is 0.917 bits per heavy atom. The number of carbonyl (C=O) groups is 1. The minimum Gasteiger partial charge on any atom is -0.493 e. The molecule has 0 atom stereocenters. The molecule has 9 heteroatoms. The van der Waals surface area contributed by atoms with Gasteiger partial charge in [-0.1, -0.05) is 59.6 Å². The Kier molecular flexibility index (Phi) is 7.93. The van der Waals surface area contributed by atoms with Gasteiger partial charge in [-0.3, -0.25) is 9.59 Å². The largest absolute Gasteiger partial charge is 0.493 e. The highest BCUT2D eigenvalue weighted by atomic mass is 35.5. The lowest BCUT2D eigenvalue weighted by molar-refractivity contribution is -0.116. The van der Waals surface area contributed by atoms with E-state index in [9.17, 15) is 9.59 Å². The first-order valence-electron chi connectivity index (χ1n) is 11.1. The summed E-state index contributed by atoms with van der Waals surface area (Å²) >= 11 is 12.6. The topological polar surface area (TPSA) is 82.5 Å². The first-order valence-corrected chi connectivity index (χ1v) is 11.8. The van der Waals surface area contributed by atoms with E-state index >= 15 is 0 Å². The number of hydrogen-bond acceptors (Lipinski definition) is 5. The molecule has 0 radical (unpaired) electrons. The highest BCUT2D eigenvalue weighted by molar-refractivity contribution is 6.43. The van der Waals surface area contributed by atoms with Gasteiger partial charge < -0.3 is 14.8 Å². The van der Waals surface area contributed by atoms with Crippen LogP contribution in [0.4, 0.5) is 5.69 Å². The van der Waals surface area contributed by atoms with Crippen molar-refractivity contribution < 1.29 is 14.3 Å². The predicted octanol–water partition coefficient (Wildman–Crippen LogP) is 5.79. The van der Waals surface area contributed by atoms with E-state index in [1.54, 1.807) is 62.8 Å². The van der Waals surface area contributed by atoms with Crippen LogP contribution in [-0.2, 0) is 11.2 Å². The number of amides is 1. The molecule has 1 amide bonds. The van der Waals surface area contributed by atoms with Crippen molar-refractivity contribution in [1.82, 2.24) is 9.78 Å². The molecule has 0 unspecified atom stereocenters. The van der Waals surface area contributed by atoms with Crippen LogP contribution in [0.25, 0.3) is 16.9 Å². The molecular formula is C27H23Cl2N3O4. The maximum absolute atomic E-state index is 12.6. The number of benzene rings is 3. The fraction of sp³-hybridized carbons (Fsp3) is 0.148. The number of halogens is 2. The predicted molar refractivity (Wildman–Crippen MR) is 142 cm³/mol. The molecule has 1 N–H and O–H groups in total. The van der Waals surface area contributed by atoms with Gasteiger partial charge in [-0.05, 0) is 48.4 Å². The van der Waals surface area contributed by atoms with Crippen LogP contribution in [0.1, 0.15) is 12.0 Å². The molecule has 0 bridgehead atoms. The number of nitrogens with one attached hydrogen (secondary N) is 1. The highest BCUT2D eigenvalue weighted by Gasteiger charge is 2.17. The van der Waals surface area contributed by atoms with Crippen LogP contribution in [0.2, 0.25) is 10.0 Å². The second kappa shape index (κ2) is 11.3. The van der Waals surface area contributed by atoms with Crippen molar-refractivity contribution in [2.24, 2.45) is 0 Å². The molecule has 1 heterocycles. The summed E-state index contributed by atoms with van der Waals surface area (Å²) in [6.07, 6.45) is 0.839. The molecule has 36 heavy (non-hydrogen) atoms. The third-order valence-corrected chi connectivity index (χ3v) is 6.33. The van der Waals surface area contributed by atoms with Gasteiger partial charge in [0.25, 0.3) is 5.56 Å². The third-order valence-electron chi connectivity index (χ3n) is 5.51. The van der Waals surface area contributed by atoms with E-state index in [1.807, 2.05) is 24.3 Å². The van der Waals surface area contributed by atoms with Gasteiger partial charge in [0.15, 0.2) is 11.5 Å². The van der Waals surface area contributed by atoms with Crippen molar-refractivity contribution in [3.63, 3.8) is 0 Å². The minimum absolute atomic E-state index is 0.0700. The normalized spacial score (nSPS) is 10.7. The average Bonchev–Trinajstić information content (AvgIpc) is 2.91. The summed E-state index contributed by atoms with van der Waals surface area (Å²) < 4.78 is 11.8. The van der Waals surface area contributed by atoms with Crippen molar-refractivity contribution in [1.29, 1.82) is 0 Å². The number of nitrogens with zero attached hydrogens (tertiary/aromatic N) is 2. The Balaban J connectivity index is 1.47. The van der Waals surface area contributed by atoms with Crippen LogP contribution >= 0.6 is 23.2 Å². The first kappa shape index (κ1) is 25.3. The zero-order valence-electron chi connectivity index (χ0n) is 19.6. The standard InChI is InChI=1S/C27H23Cl2N3O4/c1-35-21-14-8-17(16-22(21)36-2)9-15-23(33)30-19-12-10-18(11-13-19)26-24(28)25(29)27(34)32(31-26)20-6-4-3-5-7-20/h3-8,10-14,16H,9,15H2,1-2H3,(H,30,33). The van der Waals surface area contributed by atoms with E-state index < -0.39 is 5.56 Å². The number of hydrogen-bond donors (Lipinski definition) is 1. The number of anilines is 1. The maximum atomic E-state index is 12.6. The number of aryl methyl sites for hydroxylation is 1. The lowest BCUT2D eigenvalue weighted by Gasteiger charge is -2.12. The van der Waals surface area contributed by atoms with E-state index in [4.69, 9.17) is 32.7 Å². The van der Waals surface area contributed by atoms with E-state index in [2.05, 4.69) is 10.4 Å². The van der Waals surface area contributed by atoms with Gasteiger partial charge >= 0.3 is 0 Å². The summed E-state index contributed by atoms with van der Waals surface area (Å²) in [5, 5.41) is 7.28. The molecule has 0 saturated heterocycles. The maximum Gasteiger partial charge on any atom is 0.291 e. The average molecular weight is 524 g/mol. The van der Waals surface area contributed by atoms with Gasteiger partial charge in [-0.2, -0.15) is 9.78 Å². The Hall–Kier alpha value is -3.81. The fourth-order valence-electron chi connectivity index (χ4n) is 3.64. The van der Waals surface area contributed by atoms with Crippen LogP contribution < -0.4 is 20.3 Å². The van der Waals surface area contributed by atoms with Crippen molar-refractivity contribution in [3.8, 4) is 28.4 Å². The molecule has 4 aromatic rings. The SMILES string of the molecule is COc1ccc(CCC(=O)Nc2ccc(-c3nn(-c4ccccc4)c(=O)c(Cl)c3Cl)cc2)cc1OC. The zero-order chi connectivity index (χ0) is 25.7. The molecule has 184 valence electrons. The van der Waals surface area contributed by atoms with Gasteiger partial charge in [0, 0.05) is 17.7 Å². The van der Waals surface area contributed by atoms with Crippen LogP contribution in [0.5, 0.6) is 11.5 Å². The third kappa shape index (κ3) is 5.53. The van der Waals surface area contributed by atoms with Gasteiger partial charge in [0.1, 0.15) is 10.7 Å². The Bertz CT molecular complexity index is 1440. The number of aromatic nitrogens is 2. The second-order valence-corrected chi connectivity index (χ2v) is 8.60. The lowest BCUT2D eigenvalue weighted by Crippen LogP contribution is -2.22. The molecule has 4 rings (SSSR count). The molecule has 0 spiro atoms. The highest BCUT2D eigenvalue weighted by Crippen LogP contribution is 2.31. The molecule has 0 saturated carbocycles. The summed E-state index contributed by atoms with van der Waals surface area (Å²) in [5.41, 5.74) is 2.65. The summed E-state index contributed by atoms with van der Waals surface area (Å²) in [5.74, 6) is 1.13. The Labute approximate surface area is 218 Å². The molecule has 0 aliphatic rings. The Morgan fingerprint density at radius 2 is 1.61 bits per heavy atom. The van der Waals surface area contributed by atoms with E-state index in [1.165, 1.54) is 4.68 Å². The number of para-hydroxylation sites is 1. The molecule has 0 aliphatic heterocycles. The fourth-order valence-corrected chi connectivity index (χ4v) is 4.03. The summed E-state index contributed by atoms with van der Waals surface area (Å²) in [7, 11) is 3.15. The first-order chi connectivity index (χ1) is 17.4. The molecule has 0 fully saturated rings. The van der Waals surface area contributed by atoms with E-state index in [0.717, 1.165) is 5.56 Å². The summed E-state index contributed by atoms with van der Waals surface area (Å²) in [4.78, 5) is 25.1. The number of rotatable bonds is 8. The van der Waals surface area contributed by atoms with Gasteiger partial charge in [-0.25, -0.2) is 0 Å². The molecular weight excluding hydrogens is 501 g/mol. The smallest absolute Gasteiger partial charge is 0.291 e. The van der Waals surface area contributed by atoms with Crippen LogP contribution in [0.3, 0.4) is 0 Å². The summed E-state index contributed by atoms with van der Waals surface area (Å²) in [6, 6.07) is 21.5. The van der Waals surface area contributed by atoms with Gasteiger partial charge in [-0.15, -0.1) is 0 Å². The van der Waals surface area contributed by atoms with E-state index in [-0.39, 0.29) is 16.0 Å². The van der Waals surface area contributed by atoms with Crippen LogP contribution in [-0.4, -0.2) is 29.9 Å². The van der Waals surface area contributed by atoms with E-state index in [0.29, 0.717) is 47.0 Å².